The Labute approximate surface area is 177 Å². The van der Waals surface area contributed by atoms with Gasteiger partial charge < -0.3 is 9.30 Å². The van der Waals surface area contributed by atoms with Gasteiger partial charge in [0.05, 0.1) is 39.8 Å². The highest BCUT2D eigenvalue weighted by molar-refractivity contribution is 7.99. The van der Waals surface area contributed by atoms with Crippen LogP contribution in [0.1, 0.15) is 16.6 Å². The minimum atomic E-state index is -3.57. The second-order valence-corrected chi connectivity index (χ2v) is 10.3. The lowest BCUT2D eigenvalue weighted by molar-refractivity contribution is 0.0730. The summed E-state index contributed by atoms with van der Waals surface area (Å²) < 4.78 is 34.6. The fourth-order valence-corrected chi connectivity index (χ4v) is 6.38. The third-order valence-electron chi connectivity index (χ3n) is 4.74. The van der Waals surface area contributed by atoms with Crippen molar-refractivity contribution in [3.8, 4) is 0 Å². The highest BCUT2D eigenvalue weighted by atomic mass is 32.2. The summed E-state index contributed by atoms with van der Waals surface area (Å²) in [5.74, 6) is 0.359. The van der Waals surface area contributed by atoms with Crippen LogP contribution in [0.5, 0.6) is 0 Å². The Morgan fingerprint density at radius 2 is 2.07 bits per heavy atom. The van der Waals surface area contributed by atoms with Gasteiger partial charge in [-0.25, -0.2) is 13.4 Å². The molecule has 0 bridgehead atoms. The monoisotopic (exact) mass is 451 g/mol. The van der Waals surface area contributed by atoms with Crippen LogP contribution in [-0.2, 0) is 21.3 Å². The van der Waals surface area contributed by atoms with Crippen molar-refractivity contribution in [1.29, 1.82) is 0 Å². The zero-order valence-corrected chi connectivity index (χ0v) is 18.4. The Morgan fingerprint density at radius 3 is 2.76 bits per heavy atom. The van der Waals surface area contributed by atoms with Gasteiger partial charge in [0.1, 0.15) is 0 Å². The number of nitrogens with zero attached hydrogens (tertiary/aromatic N) is 3. The topological polar surface area (TPSA) is 81.5 Å². The van der Waals surface area contributed by atoms with Crippen LogP contribution in [0.2, 0.25) is 0 Å². The summed E-state index contributed by atoms with van der Waals surface area (Å²) in [4.78, 5) is 17.9. The van der Waals surface area contributed by atoms with E-state index in [9.17, 15) is 13.2 Å². The molecule has 0 spiro atoms. The van der Waals surface area contributed by atoms with E-state index in [1.54, 1.807) is 18.2 Å². The van der Waals surface area contributed by atoms with Crippen molar-refractivity contribution in [2.45, 2.75) is 23.5 Å². The van der Waals surface area contributed by atoms with Gasteiger partial charge in [0.25, 0.3) is 0 Å². The van der Waals surface area contributed by atoms with Crippen molar-refractivity contribution in [3.63, 3.8) is 0 Å². The molecule has 7 nitrogen and oxygen atoms in total. The number of Topliss-reactive ketones (excluding diaryl/α,β-unsaturated/α-hetero) is 1. The van der Waals surface area contributed by atoms with Gasteiger partial charge in [-0.05, 0) is 36.6 Å². The second-order valence-electron chi connectivity index (χ2n) is 6.49. The SMILES string of the molecule is CCn1c(SCC(=O)c2cccs2)nc2cc(S(=O)(=O)N3CCOCC3)ccc21. The Morgan fingerprint density at radius 1 is 1.28 bits per heavy atom. The van der Waals surface area contributed by atoms with E-state index >= 15 is 0 Å². The van der Waals surface area contributed by atoms with Crippen LogP contribution >= 0.6 is 23.1 Å². The van der Waals surface area contributed by atoms with Crippen molar-refractivity contribution in [2.75, 3.05) is 32.1 Å². The van der Waals surface area contributed by atoms with Gasteiger partial charge in [-0.2, -0.15) is 4.31 Å². The molecular weight excluding hydrogens is 430 g/mol. The number of ketones is 1. The van der Waals surface area contributed by atoms with Crippen LogP contribution in [0.25, 0.3) is 11.0 Å². The molecule has 0 unspecified atom stereocenters. The minimum absolute atomic E-state index is 0.0651. The van der Waals surface area contributed by atoms with Crippen molar-refractivity contribution in [2.24, 2.45) is 0 Å². The van der Waals surface area contributed by atoms with Crippen LogP contribution in [0.4, 0.5) is 0 Å². The van der Waals surface area contributed by atoms with E-state index in [1.807, 2.05) is 29.0 Å². The maximum Gasteiger partial charge on any atom is 0.243 e. The van der Waals surface area contributed by atoms with Gasteiger partial charge in [0.15, 0.2) is 10.9 Å². The Bertz CT molecular complexity index is 1120. The molecule has 0 N–H and O–H groups in total. The first-order chi connectivity index (χ1) is 14.0. The molecule has 3 heterocycles. The molecule has 10 heteroatoms. The molecule has 1 aromatic carbocycles. The zero-order chi connectivity index (χ0) is 20.4. The molecule has 1 aliphatic rings. The number of benzene rings is 1. The van der Waals surface area contributed by atoms with Gasteiger partial charge >= 0.3 is 0 Å². The summed E-state index contributed by atoms with van der Waals surface area (Å²) in [5.41, 5.74) is 1.48. The lowest BCUT2D eigenvalue weighted by atomic mass is 10.3. The average molecular weight is 452 g/mol. The number of sulfonamides is 1. The van der Waals surface area contributed by atoms with Gasteiger partial charge in [-0.1, -0.05) is 17.8 Å². The molecule has 1 aliphatic heterocycles. The number of hydrogen-bond donors (Lipinski definition) is 0. The van der Waals surface area contributed by atoms with E-state index in [0.29, 0.717) is 49.3 Å². The van der Waals surface area contributed by atoms with E-state index in [1.165, 1.54) is 27.4 Å². The number of aryl methyl sites for hydroxylation is 1. The standard InChI is InChI=1S/C19H21N3O4S3/c1-2-22-16-6-5-14(29(24,25)21-7-9-26-10-8-21)12-15(16)20-19(22)28-13-17(23)18-4-3-11-27-18/h3-6,11-12H,2,7-10,13H2,1H3. The predicted molar refractivity (Wildman–Crippen MR) is 114 cm³/mol. The number of aromatic nitrogens is 2. The Balaban J connectivity index is 1.61. The number of thiophene rings is 1. The maximum absolute atomic E-state index is 12.9. The Kier molecular flexibility index (Phi) is 6.07. The van der Waals surface area contributed by atoms with Crippen molar-refractivity contribution in [1.82, 2.24) is 13.9 Å². The number of carbonyl (C=O) groups excluding carboxylic acids is 1. The molecule has 2 aromatic heterocycles. The van der Waals surface area contributed by atoms with E-state index in [2.05, 4.69) is 4.98 Å². The molecule has 3 aromatic rings. The fraction of sp³-hybridized carbons (Fsp3) is 0.368. The molecule has 29 heavy (non-hydrogen) atoms. The molecule has 154 valence electrons. The highest BCUT2D eigenvalue weighted by Crippen LogP contribution is 2.28. The summed E-state index contributed by atoms with van der Waals surface area (Å²) in [5, 5.41) is 2.60. The third kappa shape index (κ3) is 4.13. The van der Waals surface area contributed by atoms with E-state index in [0.717, 1.165) is 10.4 Å². The van der Waals surface area contributed by atoms with Crippen LogP contribution in [-0.4, -0.2) is 60.1 Å². The van der Waals surface area contributed by atoms with E-state index < -0.39 is 10.0 Å². The molecule has 0 saturated carbocycles. The number of imidazole rings is 1. The highest BCUT2D eigenvalue weighted by Gasteiger charge is 2.27. The minimum Gasteiger partial charge on any atom is -0.379 e. The van der Waals surface area contributed by atoms with E-state index in [4.69, 9.17) is 4.74 Å². The summed E-state index contributed by atoms with van der Waals surface area (Å²) >= 11 is 2.81. The molecule has 4 rings (SSSR count). The summed E-state index contributed by atoms with van der Waals surface area (Å²) in [6.45, 7) is 4.22. The second kappa shape index (κ2) is 8.57. The number of fused-ring (bicyclic) bond motifs is 1. The van der Waals surface area contributed by atoms with Gasteiger partial charge in [-0.15, -0.1) is 11.3 Å². The number of carbonyl (C=O) groups is 1. The smallest absolute Gasteiger partial charge is 0.243 e. The van der Waals surface area contributed by atoms with Crippen molar-refractivity contribution < 1.29 is 17.9 Å². The molecule has 1 saturated heterocycles. The van der Waals surface area contributed by atoms with Crippen LogP contribution < -0.4 is 0 Å². The van der Waals surface area contributed by atoms with Crippen LogP contribution in [0, 0.1) is 0 Å². The summed E-state index contributed by atoms with van der Waals surface area (Å²) in [6.07, 6.45) is 0. The number of hydrogen-bond acceptors (Lipinski definition) is 7. The normalized spacial score (nSPS) is 15.8. The molecule has 0 amide bonds. The first-order valence-corrected chi connectivity index (χ1v) is 12.6. The summed E-state index contributed by atoms with van der Waals surface area (Å²) in [7, 11) is -3.57. The molecular formula is C19H21N3O4S3. The van der Waals surface area contributed by atoms with Crippen molar-refractivity contribution in [3.05, 3.63) is 40.6 Å². The summed E-state index contributed by atoms with van der Waals surface area (Å²) in [6, 6.07) is 8.73. The molecule has 0 radical (unpaired) electrons. The number of rotatable bonds is 7. The van der Waals surface area contributed by atoms with Crippen molar-refractivity contribution >= 4 is 49.9 Å². The Hall–Kier alpha value is -1.72. The maximum atomic E-state index is 12.9. The quantitative estimate of drug-likeness (QED) is 0.406. The lowest BCUT2D eigenvalue weighted by Gasteiger charge is -2.26. The lowest BCUT2D eigenvalue weighted by Crippen LogP contribution is -2.40. The van der Waals surface area contributed by atoms with Crippen LogP contribution in [0.3, 0.4) is 0 Å². The van der Waals surface area contributed by atoms with Gasteiger partial charge in [-0.3, -0.25) is 4.79 Å². The van der Waals surface area contributed by atoms with Gasteiger partial charge in [0, 0.05) is 19.6 Å². The van der Waals surface area contributed by atoms with Crippen LogP contribution in [0.15, 0.2) is 45.8 Å². The largest absolute Gasteiger partial charge is 0.379 e. The van der Waals surface area contributed by atoms with Gasteiger partial charge in [0.2, 0.25) is 10.0 Å². The third-order valence-corrected chi connectivity index (χ3v) is 8.52. The molecule has 0 aliphatic carbocycles. The molecule has 0 atom stereocenters. The zero-order valence-electron chi connectivity index (χ0n) is 15.9. The van der Waals surface area contributed by atoms with E-state index in [-0.39, 0.29) is 10.7 Å². The fourth-order valence-electron chi connectivity index (χ4n) is 3.24. The predicted octanol–water partition coefficient (Wildman–Crippen LogP) is 3.11. The number of ether oxygens (including phenoxy) is 1. The number of morpholine rings is 1. The molecule has 1 fully saturated rings. The first kappa shape index (κ1) is 20.5. The first-order valence-electron chi connectivity index (χ1n) is 9.28. The number of thioether (sulfide) groups is 1. The average Bonchev–Trinajstić information content (AvgIpc) is 3.39.